The van der Waals surface area contributed by atoms with E-state index in [1.807, 2.05) is 0 Å². The number of sulfone groups is 1. The zero-order valence-electron chi connectivity index (χ0n) is 10.5. The fraction of sp³-hybridized carbons (Fsp3) is 0.455. The zero-order valence-corrected chi connectivity index (χ0v) is 11.3. The first-order valence-corrected chi connectivity index (χ1v) is 7.47. The van der Waals surface area contributed by atoms with E-state index >= 15 is 0 Å². The summed E-state index contributed by atoms with van der Waals surface area (Å²) in [5.41, 5.74) is 6.53. The molecule has 1 heterocycles. The predicted octanol–water partition coefficient (Wildman–Crippen LogP) is -0.343. The third kappa shape index (κ3) is 4.42. The minimum atomic E-state index is -3.07. The molecule has 2 N–H and O–H groups in total. The van der Waals surface area contributed by atoms with Crippen molar-refractivity contribution >= 4 is 15.7 Å². The number of pyridine rings is 1. The highest BCUT2D eigenvalue weighted by molar-refractivity contribution is 7.90. The lowest BCUT2D eigenvalue weighted by molar-refractivity contribution is 0.0803. The highest BCUT2D eigenvalue weighted by Crippen LogP contribution is 2.05. The van der Waals surface area contributed by atoms with Crippen molar-refractivity contribution in [2.75, 3.05) is 25.6 Å². The Bertz CT molecular complexity index is 528. The number of carbonyl (C=O) groups excluding carboxylic acids is 1. The van der Waals surface area contributed by atoms with E-state index < -0.39 is 9.84 Å². The maximum atomic E-state index is 12.0. The molecule has 0 aliphatic rings. The van der Waals surface area contributed by atoms with Gasteiger partial charge in [0.2, 0.25) is 0 Å². The first-order chi connectivity index (χ1) is 8.33. The van der Waals surface area contributed by atoms with Crippen LogP contribution in [0.3, 0.4) is 0 Å². The van der Waals surface area contributed by atoms with Gasteiger partial charge >= 0.3 is 0 Å². The normalized spacial score (nSPS) is 11.3. The van der Waals surface area contributed by atoms with Gasteiger partial charge in [0.15, 0.2) is 0 Å². The van der Waals surface area contributed by atoms with Crippen LogP contribution in [0.25, 0.3) is 0 Å². The summed E-state index contributed by atoms with van der Waals surface area (Å²) in [4.78, 5) is 17.4. The zero-order chi connectivity index (χ0) is 13.8. The fourth-order valence-electron chi connectivity index (χ4n) is 1.35. The van der Waals surface area contributed by atoms with Crippen molar-refractivity contribution in [2.45, 2.75) is 6.54 Å². The molecule has 1 aromatic heterocycles. The molecular formula is C11H17N3O3S. The molecule has 0 radical (unpaired) electrons. The Labute approximate surface area is 107 Å². The maximum Gasteiger partial charge on any atom is 0.253 e. The van der Waals surface area contributed by atoms with Gasteiger partial charge in [-0.3, -0.25) is 9.78 Å². The van der Waals surface area contributed by atoms with Crippen molar-refractivity contribution in [1.82, 2.24) is 9.88 Å². The number of hydrogen-bond acceptors (Lipinski definition) is 5. The van der Waals surface area contributed by atoms with Crippen molar-refractivity contribution < 1.29 is 13.2 Å². The van der Waals surface area contributed by atoms with Gasteiger partial charge in [0.05, 0.1) is 11.4 Å². The van der Waals surface area contributed by atoms with Gasteiger partial charge in [-0.25, -0.2) is 8.42 Å². The van der Waals surface area contributed by atoms with Gasteiger partial charge in [0.25, 0.3) is 5.91 Å². The lowest BCUT2D eigenvalue weighted by atomic mass is 10.2. The summed E-state index contributed by atoms with van der Waals surface area (Å²) in [7, 11) is -1.51. The fourth-order valence-corrected chi connectivity index (χ4v) is 1.95. The summed E-state index contributed by atoms with van der Waals surface area (Å²) >= 11 is 0. The van der Waals surface area contributed by atoms with Crippen LogP contribution in [0.5, 0.6) is 0 Å². The minimum Gasteiger partial charge on any atom is -0.341 e. The molecule has 7 heteroatoms. The van der Waals surface area contributed by atoms with Crippen molar-refractivity contribution in [2.24, 2.45) is 5.73 Å². The predicted molar refractivity (Wildman–Crippen MR) is 68.8 cm³/mol. The monoisotopic (exact) mass is 271 g/mol. The van der Waals surface area contributed by atoms with Crippen LogP contribution in [0.2, 0.25) is 0 Å². The Balaban J connectivity index is 2.74. The summed E-state index contributed by atoms with van der Waals surface area (Å²) < 4.78 is 22.1. The second-order valence-electron chi connectivity index (χ2n) is 4.10. The van der Waals surface area contributed by atoms with E-state index in [0.29, 0.717) is 11.3 Å². The van der Waals surface area contributed by atoms with E-state index in [1.165, 1.54) is 11.1 Å². The third-order valence-electron chi connectivity index (χ3n) is 2.42. The Morgan fingerprint density at radius 2 is 2.17 bits per heavy atom. The molecule has 0 saturated carbocycles. The van der Waals surface area contributed by atoms with Gasteiger partial charge < -0.3 is 10.6 Å². The average molecular weight is 271 g/mol. The van der Waals surface area contributed by atoms with Crippen molar-refractivity contribution in [1.29, 1.82) is 0 Å². The molecule has 1 aromatic rings. The molecule has 0 spiro atoms. The smallest absolute Gasteiger partial charge is 0.253 e. The lowest BCUT2D eigenvalue weighted by Gasteiger charge is -2.16. The molecule has 0 aromatic carbocycles. The van der Waals surface area contributed by atoms with Gasteiger partial charge in [-0.15, -0.1) is 0 Å². The quantitative estimate of drug-likeness (QED) is 0.790. The molecule has 0 atom stereocenters. The molecule has 6 nitrogen and oxygen atoms in total. The van der Waals surface area contributed by atoms with Gasteiger partial charge in [-0.2, -0.15) is 0 Å². The maximum absolute atomic E-state index is 12.0. The van der Waals surface area contributed by atoms with Gasteiger partial charge in [0.1, 0.15) is 9.84 Å². The number of nitrogens with two attached hydrogens (primary N) is 1. The number of rotatable bonds is 5. The Morgan fingerprint density at radius 3 is 2.72 bits per heavy atom. The first-order valence-electron chi connectivity index (χ1n) is 5.41. The molecule has 0 aliphatic heterocycles. The Morgan fingerprint density at radius 1 is 1.50 bits per heavy atom. The number of amides is 1. The topological polar surface area (TPSA) is 93.4 Å². The van der Waals surface area contributed by atoms with Crippen LogP contribution in [0.4, 0.5) is 0 Å². The summed E-state index contributed by atoms with van der Waals surface area (Å²) in [6.07, 6.45) is 2.66. The van der Waals surface area contributed by atoms with Crippen LogP contribution in [0.15, 0.2) is 18.3 Å². The molecule has 0 fully saturated rings. The van der Waals surface area contributed by atoms with Crippen LogP contribution < -0.4 is 5.73 Å². The van der Waals surface area contributed by atoms with Crippen molar-refractivity contribution in [3.05, 3.63) is 29.6 Å². The molecule has 0 bridgehead atoms. The van der Waals surface area contributed by atoms with Crippen LogP contribution in [0, 0.1) is 0 Å². The highest BCUT2D eigenvalue weighted by atomic mass is 32.2. The van der Waals surface area contributed by atoms with E-state index in [0.717, 1.165) is 6.26 Å². The number of hydrogen-bond donors (Lipinski definition) is 1. The Hall–Kier alpha value is -1.47. The molecular weight excluding hydrogens is 254 g/mol. The standard InChI is InChI=1S/C11H17N3O3S/c1-14(5-6-18(2,16)17)11(15)9-3-4-13-10(7-9)8-12/h3-4,7H,5-6,8,12H2,1-2H3. The second-order valence-corrected chi connectivity index (χ2v) is 6.36. The molecule has 0 saturated heterocycles. The van der Waals surface area contributed by atoms with Crippen LogP contribution in [0.1, 0.15) is 16.1 Å². The number of nitrogens with zero attached hydrogens (tertiary/aromatic N) is 2. The molecule has 1 rings (SSSR count). The van der Waals surface area contributed by atoms with E-state index in [4.69, 9.17) is 5.73 Å². The summed E-state index contributed by atoms with van der Waals surface area (Å²) in [5, 5.41) is 0. The van der Waals surface area contributed by atoms with E-state index in [1.54, 1.807) is 19.2 Å². The molecule has 0 unspecified atom stereocenters. The van der Waals surface area contributed by atoms with Gasteiger partial charge in [-0.05, 0) is 12.1 Å². The molecule has 18 heavy (non-hydrogen) atoms. The van der Waals surface area contributed by atoms with Gasteiger partial charge in [-0.1, -0.05) is 0 Å². The van der Waals surface area contributed by atoms with E-state index in [2.05, 4.69) is 4.98 Å². The van der Waals surface area contributed by atoms with Gasteiger partial charge in [0, 0.05) is 38.2 Å². The van der Waals surface area contributed by atoms with Crippen molar-refractivity contribution in [3.8, 4) is 0 Å². The average Bonchev–Trinajstić information content (AvgIpc) is 2.34. The highest BCUT2D eigenvalue weighted by Gasteiger charge is 2.14. The first kappa shape index (κ1) is 14.6. The van der Waals surface area contributed by atoms with Crippen LogP contribution in [-0.4, -0.2) is 49.8 Å². The minimum absolute atomic E-state index is 0.0515. The summed E-state index contributed by atoms with van der Waals surface area (Å²) in [5.74, 6) is -0.292. The molecule has 1 amide bonds. The SMILES string of the molecule is CN(CCS(C)(=O)=O)C(=O)c1ccnc(CN)c1. The third-order valence-corrected chi connectivity index (χ3v) is 3.34. The summed E-state index contributed by atoms with van der Waals surface area (Å²) in [6, 6.07) is 3.19. The van der Waals surface area contributed by atoms with E-state index in [-0.39, 0.29) is 24.7 Å². The second kappa shape index (κ2) is 5.92. The van der Waals surface area contributed by atoms with Crippen LogP contribution >= 0.6 is 0 Å². The van der Waals surface area contributed by atoms with E-state index in [9.17, 15) is 13.2 Å². The van der Waals surface area contributed by atoms with Crippen LogP contribution in [-0.2, 0) is 16.4 Å². The number of carbonyl (C=O) groups is 1. The molecule has 0 aliphatic carbocycles. The Kier molecular flexibility index (Phi) is 4.80. The molecule has 100 valence electrons. The summed E-state index contributed by atoms with van der Waals surface area (Å²) in [6.45, 7) is 0.423. The lowest BCUT2D eigenvalue weighted by Crippen LogP contribution is -2.31. The van der Waals surface area contributed by atoms with Crippen molar-refractivity contribution in [3.63, 3.8) is 0 Å². The number of aromatic nitrogens is 1. The largest absolute Gasteiger partial charge is 0.341 e.